The van der Waals surface area contributed by atoms with Gasteiger partial charge in [0.2, 0.25) is 5.91 Å². The van der Waals surface area contributed by atoms with Crippen LogP contribution in [-0.2, 0) is 16.1 Å². The van der Waals surface area contributed by atoms with Gasteiger partial charge in [-0.25, -0.2) is 0 Å². The molecule has 0 aromatic heterocycles. The summed E-state index contributed by atoms with van der Waals surface area (Å²) in [4.78, 5) is 14.9. The van der Waals surface area contributed by atoms with E-state index in [9.17, 15) is 4.79 Å². The van der Waals surface area contributed by atoms with Gasteiger partial charge in [0.25, 0.3) is 0 Å². The van der Waals surface area contributed by atoms with Crippen molar-refractivity contribution >= 4 is 5.91 Å². The maximum absolute atomic E-state index is 12.5. The standard InChI is InChI=1S/C25H32N2O4/c1-2-30-24-8-4-3-7-22(24)19-9-10-23-21(16-19)18-27-12-5-6-20(17-27)25(28)26-11-13-29-14-15-31-23/h3-4,7-10,16,20H,2,5-6,11-15,17-18H2,1H3,(H,26,28). The third kappa shape index (κ3) is 5.57. The van der Waals surface area contributed by atoms with Crippen molar-refractivity contribution in [1.29, 1.82) is 0 Å². The molecular weight excluding hydrogens is 392 g/mol. The highest BCUT2D eigenvalue weighted by molar-refractivity contribution is 5.79. The van der Waals surface area contributed by atoms with Gasteiger partial charge in [0.1, 0.15) is 18.1 Å². The molecule has 6 nitrogen and oxygen atoms in total. The van der Waals surface area contributed by atoms with Crippen molar-refractivity contribution in [1.82, 2.24) is 10.2 Å². The molecule has 0 radical (unpaired) electrons. The van der Waals surface area contributed by atoms with Crippen LogP contribution in [0.25, 0.3) is 11.1 Å². The number of piperidine rings is 1. The van der Waals surface area contributed by atoms with E-state index >= 15 is 0 Å². The van der Waals surface area contributed by atoms with Gasteiger partial charge in [0.15, 0.2) is 0 Å². The maximum Gasteiger partial charge on any atom is 0.224 e. The lowest BCUT2D eigenvalue weighted by Gasteiger charge is -2.32. The van der Waals surface area contributed by atoms with Gasteiger partial charge in [0, 0.05) is 30.8 Å². The summed E-state index contributed by atoms with van der Waals surface area (Å²) in [5.74, 6) is 1.93. The first-order chi connectivity index (χ1) is 15.2. The Labute approximate surface area is 184 Å². The molecule has 0 spiro atoms. The number of hydrogen-bond donors (Lipinski definition) is 1. The van der Waals surface area contributed by atoms with Crippen LogP contribution >= 0.6 is 0 Å². The number of fused-ring (bicyclic) bond motifs is 3. The minimum atomic E-state index is 0.0305. The number of nitrogens with one attached hydrogen (secondary N) is 1. The molecule has 2 atom stereocenters. The largest absolute Gasteiger partial charge is 0.493 e. The van der Waals surface area contributed by atoms with Crippen molar-refractivity contribution in [2.45, 2.75) is 26.3 Å². The first kappa shape index (κ1) is 21.7. The Kier molecular flexibility index (Phi) is 7.43. The predicted octanol–water partition coefficient (Wildman–Crippen LogP) is 3.49. The summed E-state index contributed by atoms with van der Waals surface area (Å²) in [5, 5.41) is 3.01. The van der Waals surface area contributed by atoms with Crippen LogP contribution in [0.4, 0.5) is 0 Å². The maximum atomic E-state index is 12.5. The monoisotopic (exact) mass is 424 g/mol. The van der Waals surface area contributed by atoms with Crippen LogP contribution in [0.5, 0.6) is 11.5 Å². The highest BCUT2D eigenvalue weighted by atomic mass is 16.5. The van der Waals surface area contributed by atoms with Crippen LogP contribution in [0, 0.1) is 5.92 Å². The van der Waals surface area contributed by atoms with Crippen LogP contribution in [0.2, 0.25) is 0 Å². The fourth-order valence-electron chi connectivity index (χ4n) is 4.36. The van der Waals surface area contributed by atoms with Gasteiger partial charge in [0.05, 0.1) is 25.7 Å². The molecule has 1 fully saturated rings. The van der Waals surface area contributed by atoms with Gasteiger partial charge in [-0.2, -0.15) is 0 Å². The highest BCUT2D eigenvalue weighted by Gasteiger charge is 2.26. The normalized spacial score (nSPS) is 22.4. The summed E-state index contributed by atoms with van der Waals surface area (Å²) in [7, 11) is 0. The van der Waals surface area contributed by atoms with Crippen molar-refractivity contribution < 1.29 is 19.0 Å². The molecule has 2 aromatic rings. The van der Waals surface area contributed by atoms with E-state index in [0.29, 0.717) is 33.0 Å². The third-order valence-corrected chi connectivity index (χ3v) is 5.86. The first-order valence-electron chi connectivity index (χ1n) is 11.3. The molecule has 2 bridgehead atoms. The quantitative estimate of drug-likeness (QED) is 0.817. The molecule has 166 valence electrons. The molecule has 0 aliphatic carbocycles. The Balaban J connectivity index is 1.63. The van der Waals surface area contributed by atoms with E-state index in [2.05, 4.69) is 28.4 Å². The molecule has 1 amide bonds. The van der Waals surface area contributed by atoms with Gasteiger partial charge < -0.3 is 19.5 Å². The summed E-state index contributed by atoms with van der Waals surface area (Å²) in [6, 6.07) is 14.5. The van der Waals surface area contributed by atoms with E-state index in [4.69, 9.17) is 14.2 Å². The van der Waals surface area contributed by atoms with E-state index in [-0.39, 0.29) is 11.8 Å². The van der Waals surface area contributed by atoms with Gasteiger partial charge in [-0.1, -0.05) is 24.3 Å². The molecule has 2 aliphatic rings. The Bertz CT molecular complexity index is 886. The number of benzene rings is 2. The number of ether oxygens (including phenoxy) is 3. The molecule has 6 heteroatoms. The number of para-hydroxylation sites is 1. The summed E-state index contributed by atoms with van der Waals surface area (Å²) < 4.78 is 17.6. The molecule has 2 unspecified atom stereocenters. The number of carbonyl (C=O) groups is 1. The lowest BCUT2D eigenvalue weighted by atomic mass is 9.96. The Morgan fingerprint density at radius 2 is 2.06 bits per heavy atom. The van der Waals surface area contributed by atoms with E-state index < -0.39 is 0 Å². The second-order valence-electron chi connectivity index (χ2n) is 8.08. The van der Waals surface area contributed by atoms with Gasteiger partial charge in [-0.05, 0) is 50.1 Å². The van der Waals surface area contributed by atoms with E-state index in [0.717, 1.165) is 60.7 Å². The number of amides is 1. The lowest BCUT2D eigenvalue weighted by molar-refractivity contribution is -0.127. The van der Waals surface area contributed by atoms with Gasteiger partial charge in [-0.15, -0.1) is 0 Å². The molecule has 1 saturated heterocycles. The molecule has 2 aliphatic heterocycles. The second kappa shape index (κ2) is 10.6. The first-order valence-corrected chi connectivity index (χ1v) is 11.3. The van der Waals surface area contributed by atoms with Crippen molar-refractivity contribution in [3.63, 3.8) is 0 Å². The minimum absolute atomic E-state index is 0.0305. The average molecular weight is 425 g/mol. The van der Waals surface area contributed by atoms with Crippen LogP contribution in [0.15, 0.2) is 42.5 Å². The molecule has 31 heavy (non-hydrogen) atoms. The Morgan fingerprint density at radius 1 is 1.16 bits per heavy atom. The summed E-state index contributed by atoms with van der Waals surface area (Å²) >= 11 is 0. The minimum Gasteiger partial charge on any atom is -0.493 e. The zero-order valence-corrected chi connectivity index (χ0v) is 18.3. The number of nitrogens with zero attached hydrogens (tertiary/aromatic N) is 1. The third-order valence-electron chi connectivity index (χ3n) is 5.86. The Morgan fingerprint density at radius 3 is 2.97 bits per heavy atom. The molecule has 2 heterocycles. The summed E-state index contributed by atoms with van der Waals surface area (Å²) in [6.07, 6.45) is 1.96. The van der Waals surface area contributed by atoms with Crippen molar-refractivity contribution in [2.24, 2.45) is 5.92 Å². The molecule has 4 rings (SSSR count). The van der Waals surface area contributed by atoms with E-state index in [1.165, 1.54) is 0 Å². The molecule has 2 aromatic carbocycles. The fourth-order valence-corrected chi connectivity index (χ4v) is 4.36. The van der Waals surface area contributed by atoms with E-state index in [1.807, 2.05) is 31.2 Å². The summed E-state index contributed by atoms with van der Waals surface area (Å²) in [5.41, 5.74) is 3.31. The average Bonchev–Trinajstić information content (AvgIpc) is 2.79. The number of hydrogen-bond acceptors (Lipinski definition) is 5. The zero-order chi connectivity index (χ0) is 21.5. The molecule has 1 N–H and O–H groups in total. The highest BCUT2D eigenvalue weighted by Crippen LogP contribution is 2.34. The number of rotatable bonds is 3. The van der Waals surface area contributed by atoms with Crippen LogP contribution in [0.1, 0.15) is 25.3 Å². The van der Waals surface area contributed by atoms with Crippen molar-refractivity contribution in [2.75, 3.05) is 46.1 Å². The topological polar surface area (TPSA) is 60.0 Å². The van der Waals surface area contributed by atoms with Gasteiger partial charge in [-0.3, -0.25) is 9.69 Å². The zero-order valence-electron chi connectivity index (χ0n) is 18.3. The number of carbonyl (C=O) groups excluding carboxylic acids is 1. The predicted molar refractivity (Wildman–Crippen MR) is 120 cm³/mol. The molecule has 0 saturated carbocycles. The van der Waals surface area contributed by atoms with E-state index in [1.54, 1.807) is 0 Å². The smallest absolute Gasteiger partial charge is 0.224 e. The van der Waals surface area contributed by atoms with Crippen LogP contribution in [0.3, 0.4) is 0 Å². The second-order valence-corrected chi connectivity index (χ2v) is 8.08. The lowest BCUT2D eigenvalue weighted by Crippen LogP contribution is -2.43. The Hall–Kier alpha value is -2.57. The van der Waals surface area contributed by atoms with Crippen LogP contribution < -0.4 is 14.8 Å². The molecular formula is C25H32N2O4. The summed E-state index contributed by atoms with van der Waals surface area (Å²) in [6.45, 7) is 7.18. The van der Waals surface area contributed by atoms with Gasteiger partial charge >= 0.3 is 0 Å². The van der Waals surface area contributed by atoms with Crippen LogP contribution in [-0.4, -0.2) is 56.9 Å². The van der Waals surface area contributed by atoms with Crippen molar-refractivity contribution in [3.8, 4) is 22.6 Å². The SMILES string of the molecule is CCOc1ccccc1-c1ccc2c(c1)CN1CCCC(C1)C(=O)NCCOCCO2. The fraction of sp³-hybridized carbons (Fsp3) is 0.480. The van der Waals surface area contributed by atoms with Crippen molar-refractivity contribution in [3.05, 3.63) is 48.0 Å².